The van der Waals surface area contributed by atoms with E-state index in [2.05, 4.69) is 15.5 Å². The molecule has 1 heterocycles. The van der Waals surface area contributed by atoms with Crippen molar-refractivity contribution in [2.75, 3.05) is 18.9 Å². The van der Waals surface area contributed by atoms with Gasteiger partial charge in [0.05, 0.1) is 11.4 Å². The third-order valence-corrected chi connectivity index (χ3v) is 6.43. The number of rotatable bonds is 7. The number of aromatic nitrogens is 2. The monoisotopic (exact) mass is 382 g/mol. The van der Waals surface area contributed by atoms with Crippen molar-refractivity contribution in [2.24, 2.45) is 0 Å². The Hall–Kier alpha value is -1.84. The first-order valence-corrected chi connectivity index (χ1v) is 10.2. The predicted octanol–water partition coefficient (Wildman–Crippen LogP) is 2.37. The van der Waals surface area contributed by atoms with Gasteiger partial charge in [-0.3, -0.25) is 10.1 Å². The number of hydrogen-bond acceptors (Lipinski definition) is 6. The molecule has 1 aromatic carbocycles. The second-order valence-corrected chi connectivity index (χ2v) is 8.91. The topological polar surface area (TPSA) is 92.3 Å². The highest BCUT2D eigenvalue weighted by Gasteiger charge is 2.23. The fourth-order valence-corrected chi connectivity index (χ4v) is 4.19. The normalized spacial score (nSPS) is 11.7. The molecule has 2 aromatic rings. The Morgan fingerprint density at radius 1 is 1.24 bits per heavy atom. The van der Waals surface area contributed by atoms with Gasteiger partial charge in [0.25, 0.3) is 0 Å². The number of nitrogens with one attached hydrogen (secondary N) is 1. The molecule has 0 spiro atoms. The number of amides is 1. The summed E-state index contributed by atoms with van der Waals surface area (Å²) in [5, 5.41) is 11.7. The quantitative estimate of drug-likeness (QED) is 0.794. The summed E-state index contributed by atoms with van der Waals surface area (Å²) in [4.78, 5) is 12.3. The molecule has 25 heavy (non-hydrogen) atoms. The van der Waals surface area contributed by atoms with E-state index in [0.717, 1.165) is 33.3 Å². The number of hydrogen-bond donors (Lipinski definition) is 1. The summed E-state index contributed by atoms with van der Waals surface area (Å²) in [5.41, 5.74) is 1.90. The first kappa shape index (κ1) is 19.5. The van der Waals surface area contributed by atoms with Crippen LogP contribution in [-0.2, 0) is 21.2 Å². The highest BCUT2D eigenvalue weighted by Crippen LogP contribution is 2.19. The number of anilines is 1. The molecule has 1 N–H and O–H groups in total. The number of nitrogens with zero attached hydrogens (tertiary/aromatic N) is 3. The molecule has 0 unspecified atom stereocenters. The summed E-state index contributed by atoms with van der Waals surface area (Å²) in [6.07, 6.45) is 1.74. The van der Waals surface area contributed by atoms with Crippen LogP contribution in [0.2, 0.25) is 0 Å². The summed E-state index contributed by atoms with van der Waals surface area (Å²) in [6, 6.07) is 4.92. The molecule has 1 aromatic heterocycles. The Bertz CT molecular complexity index is 862. The Balaban J connectivity index is 2.04. The van der Waals surface area contributed by atoms with E-state index in [-0.39, 0.29) is 11.4 Å². The largest absolute Gasteiger partial charge is 0.299 e. The fourth-order valence-electron chi connectivity index (χ4n) is 2.12. The van der Waals surface area contributed by atoms with Crippen molar-refractivity contribution >= 4 is 32.4 Å². The average molecular weight is 383 g/mol. The first-order valence-electron chi connectivity index (χ1n) is 7.90. The molecule has 1 amide bonds. The number of aryl methyl sites for hydroxylation is 3. The van der Waals surface area contributed by atoms with Gasteiger partial charge in [0.2, 0.25) is 21.1 Å². The highest BCUT2D eigenvalue weighted by atomic mass is 32.2. The minimum atomic E-state index is -3.73. The van der Waals surface area contributed by atoms with Gasteiger partial charge in [-0.05, 0) is 43.5 Å². The van der Waals surface area contributed by atoms with Crippen LogP contribution in [0.4, 0.5) is 5.13 Å². The van der Waals surface area contributed by atoms with Crippen LogP contribution in [0.15, 0.2) is 23.1 Å². The Kier molecular flexibility index (Phi) is 6.26. The van der Waals surface area contributed by atoms with Crippen molar-refractivity contribution < 1.29 is 13.2 Å². The lowest BCUT2D eigenvalue weighted by Gasteiger charge is -2.17. The van der Waals surface area contributed by atoms with Crippen molar-refractivity contribution in [3.05, 3.63) is 34.3 Å². The number of carbonyl (C=O) groups is 1. The lowest BCUT2D eigenvalue weighted by molar-refractivity contribution is -0.116. The van der Waals surface area contributed by atoms with Crippen molar-refractivity contribution in [1.82, 2.24) is 14.5 Å². The third-order valence-electron chi connectivity index (χ3n) is 3.73. The zero-order valence-corrected chi connectivity index (χ0v) is 16.4. The van der Waals surface area contributed by atoms with Crippen LogP contribution >= 0.6 is 11.3 Å². The summed E-state index contributed by atoms with van der Waals surface area (Å²) >= 11 is 1.30. The van der Waals surface area contributed by atoms with Crippen LogP contribution in [0.25, 0.3) is 0 Å². The van der Waals surface area contributed by atoms with Crippen molar-refractivity contribution in [3.63, 3.8) is 0 Å². The van der Waals surface area contributed by atoms with Gasteiger partial charge in [-0.25, -0.2) is 8.42 Å². The van der Waals surface area contributed by atoms with Crippen LogP contribution in [0.3, 0.4) is 0 Å². The number of carbonyl (C=O) groups excluding carboxylic acids is 1. The Labute approximate surface area is 152 Å². The number of sulfonamides is 1. The molecule has 0 aliphatic rings. The minimum Gasteiger partial charge on any atom is -0.299 e. The van der Waals surface area contributed by atoms with Gasteiger partial charge in [0.1, 0.15) is 5.01 Å². The van der Waals surface area contributed by atoms with Crippen LogP contribution < -0.4 is 5.32 Å². The molecule has 0 fully saturated rings. The summed E-state index contributed by atoms with van der Waals surface area (Å²) in [7, 11) is -2.35. The summed E-state index contributed by atoms with van der Waals surface area (Å²) in [6.45, 7) is 5.51. The van der Waals surface area contributed by atoms with E-state index < -0.39 is 15.9 Å². The lowest BCUT2D eigenvalue weighted by atomic mass is 10.1. The zero-order chi connectivity index (χ0) is 18.6. The van der Waals surface area contributed by atoms with Gasteiger partial charge in [-0.2, -0.15) is 4.31 Å². The van der Waals surface area contributed by atoms with Gasteiger partial charge < -0.3 is 0 Å². The van der Waals surface area contributed by atoms with Crippen LogP contribution in [-0.4, -0.2) is 42.4 Å². The maximum atomic E-state index is 12.6. The molecule has 7 nitrogen and oxygen atoms in total. The maximum Gasteiger partial charge on any atom is 0.243 e. The second-order valence-electron chi connectivity index (χ2n) is 5.81. The van der Waals surface area contributed by atoms with Gasteiger partial charge in [0.15, 0.2) is 0 Å². The predicted molar refractivity (Wildman–Crippen MR) is 98.3 cm³/mol. The molecule has 0 bridgehead atoms. The summed E-state index contributed by atoms with van der Waals surface area (Å²) in [5.74, 6) is -0.450. The van der Waals surface area contributed by atoms with E-state index in [9.17, 15) is 13.2 Å². The lowest BCUT2D eigenvalue weighted by Crippen LogP contribution is -2.35. The van der Waals surface area contributed by atoms with E-state index in [1.54, 1.807) is 18.2 Å². The van der Waals surface area contributed by atoms with E-state index in [1.807, 2.05) is 20.8 Å². The molecule has 136 valence electrons. The van der Waals surface area contributed by atoms with Gasteiger partial charge >= 0.3 is 0 Å². The molecule has 0 radical (unpaired) electrons. The van der Waals surface area contributed by atoms with Crippen LogP contribution in [0.5, 0.6) is 0 Å². The molecule has 0 atom stereocenters. The first-order chi connectivity index (χ1) is 11.7. The average Bonchev–Trinajstić information content (AvgIpc) is 2.97. The SMILES string of the molecule is CCCc1nnc(NC(=O)CN(C)S(=O)(=O)c2ccc(C)c(C)c2)s1. The zero-order valence-electron chi connectivity index (χ0n) is 14.7. The van der Waals surface area contributed by atoms with Gasteiger partial charge in [-0.1, -0.05) is 24.3 Å². The summed E-state index contributed by atoms with van der Waals surface area (Å²) < 4.78 is 26.2. The van der Waals surface area contributed by atoms with Crippen molar-refractivity contribution in [1.29, 1.82) is 0 Å². The fraction of sp³-hybridized carbons (Fsp3) is 0.438. The second kappa shape index (κ2) is 8.03. The molecule has 0 saturated carbocycles. The Morgan fingerprint density at radius 2 is 1.96 bits per heavy atom. The molecule has 0 aliphatic heterocycles. The number of likely N-dealkylation sites (N-methyl/N-ethyl adjacent to an activating group) is 1. The van der Waals surface area contributed by atoms with Crippen LogP contribution in [0.1, 0.15) is 29.5 Å². The van der Waals surface area contributed by atoms with Gasteiger partial charge in [-0.15, -0.1) is 10.2 Å². The molecular formula is C16H22N4O3S2. The molecular weight excluding hydrogens is 360 g/mol. The highest BCUT2D eigenvalue weighted by molar-refractivity contribution is 7.89. The third kappa shape index (κ3) is 4.83. The van der Waals surface area contributed by atoms with Crippen molar-refractivity contribution in [2.45, 2.75) is 38.5 Å². The van der Waals surface area contributed by atoms with E-state index in [4.69, 9.17) is 0 Å². The molecule has 9 heteroatoms. The molecule has 0 aliphatic carbocycles. The standard InChI is InChI=1S/C16H22N4O3S2/c1-5-6-15-18-19-16(24-15)17-14(21)10-20(4)25(22,23)13-8-7-11(2)12(3)9-13/h7-9H,5-6,10H2,1-4H3,(H,17,19,21). The smallest absolute Gasteiger partial charge is 0.243 e. The number of benzene rings is 1. The van der Waals surface area contributed by atoms with Crippen molar-refractivity contribution in [3.8, 4) is 0 Å². The van der Waals surface area contributed by atoms with Gasteiger partial charge in [0, 0.05) is 13.5 Å². The maximum absolute atomic E-state index is 12.6. The van der Waals surface area contributed by atoms with E-state index in [1.165, 1.54) is 18.4 Å². The Morgan fingerprint density at radius 3 is 2.60 bits per heavy atom. The van der Waals surface area contributed by atoms with Crippen LogP contribution in [0, 0.1) is 13.8 Å². The molecule has 2 rings (SSSR count). The van der Waals surface area contributed by atoms with E-state index >= 15 is 0 Å². The minimum absolute atomic E-state index is 0.173. The molecule has 0 saturated heterocycles. The van der Waals surface area contributed by atoms with E-state index in [0.29, 0.717) is 5.13 Å².